The van der Waals surface area contributed by atoms with Crippen molar-refractivity contribution in [3.63, 3.8) is 0 Å². The average molecular weight is 673 g/mol. The molecule has 1 aliphatic carbocycles. The Labute approximate surface area is 248 Å². The molecule has 0 bridgehead atoms. The molecular weight excluding hydrogens is 621 g/mol. The summed E-state index contributed by atoms with van der Waals surface area (Å²) in [5.74, 6) is 0. The van der Waals surface area contributed by atoms with E-state index in [9.17, 15) is 43.1 Å². The Balaban J connectivity index is 3.61. The third-order valence-electron chi connectivity index (χ3n) is 6.64. The number of rotatable bonds is 24. The lowest BCUT2D eigenvalue weighted by molar-refractivity contribution is -0.248. The Morgan fingerprint density at radius 3 is 0.881 bits per heavy atom. The summed E-state index contributed by atoms with van der Waals surface area (Å²) in [6.07, 6.45) is -0.564. The Bertz CT molecular complexity index is 810. The standard InChI is InChI=1S/C24H51O15P3/c1-4-7-10-13-16-34-19-20(35-17-14-11-8-5-2)22(37-40(25,26)27)24(39-42(31,32)33)23(38-41(28,29)30)21(19)36-18-15-12-9-6-3/h19-24H,4-18H2,1-3H3,(H2,25,26,27)(H2,28,29,30)(H2,31,32,33). The highest BCUT2D eigenvalue weighted by Gasteiger charge is 2.59. The van der Waals surface area contributed by atoms with Crippen molar-refractivity contribution < 1.29 is 70.8 Å². The van der Waals surface area contributed by atoms with E-state index in [0.717, 1.165) is 57.8 Å². The van der Waals surface area contributed by atoms with E-state index in [-0.39, 0.29) is 19.8 Å². The number of unbranched alkanes of at least 4 members (excludes halogenated alkanes) is 9. The van der Waals surface area contributed by atoms with Gasteiger partial charge in [0.2, 0.25) is 0 Å². The zero-order chi connectivity index (χ0) is 31.8. The lowest BCUT2D eigenvalue weighted by Gasteiger charge is -2.49. The summed E-state index contributed by atoms with van der Waals surface area (Å²) in [6.45, 7) is 6.33. The normalized spacial score (nSPS) is 25.6. The van der Waals surface area contributed by atoms with Crippen LogP contribution in [-0.2, 0) is 41.5 Å². The number of phosphoric ester groups is 3. The van der Waals surface area contributed by atoms with Crippen molar-refractivity contribution in [2.75, 3.05) is 19.8 Å². The molecule has 0 aromatic carbocycles. The van der Waals surface area contributed by atoms with E-state index in [1.807, 2.05) is 20.8 Å². The van der Waals surface area contributed by atoms with Gasteiger partial charge in [0.05, 0.1) is 0 Å². The molecule has 0 aliphatic heterocycles. The molecule has 0 spiro atoms. The fourth-order valence-corrected chi connectivity index (χ4v) is 6.44. The first-order valence-corrected chi connectivity index (χ1v) is 19.3. The second-order valence-electron chi connectivity index (χ2n) is 10.4. The van der Waals surface area contributed by atoms with Crippen LogP contribution in [0, 0.1) is 0 Å². The van der Waals surface area contributed by atoms with Gasteiger partial charge in [0.15, 0.2) is 0 Å². The quantitative estimate of drug-likeness (QED) is 0.0619. The van der Waals surface area contributed by atoms with Crippen LogP contribution in [0.4, 0.5) is 0 Å². The summed E-state index contributed by atoms with van der Waals surface area (Å²) in [5.41, 5.74) is 0. The molecule has 4 atom stereocenters. The van der Waals surface area contributed by atoms with Gasteiger partial charge in [0.25, 0.3) is 0 Å². The predicted molar refractivity (Wildman–Crippen MR) is 152 cm³/mol. The summed E-state index contributed by atoms with van der Waals surface area (Å²) in [6, 6.07) is 0. The van der Waals surface area contributed by atoms with Gasteiger partial charge in [-0.05, 0) is 19.3 Å². The van der Waals surface area contributed by atoms with E-state index >= 15 is 0 Å². The highest BCUT2D eigenvalue weighted by atomic mass is 31.2. The maximum atomic E-state index is 12.1. The van der Waals surface area contributed by atoms with Gasteiger partial charge in [-0.1, -0.05) is 78.6 Å². The summed E-state index contributed by atoms with van der Waals surface area (Å²) in [5, 5.41) is 0. The molecule has 1 rings (SSSR count). The van der Waals surface area contributed by atoms with E-state index in [2.05, 4.69) is 0 Å². The summed E-state index contributed by atoms with van der Waals surface area (Å²) in [7, 11) is -16.2. The molecule has 18 heteroatoms. The van der Waals surface area contributed by atoms with Crippen LogP contribution in [0.1, 0.15) is 97.8 Å². The van der Waals surface area contributed by atoms with Crippen LogP contribution in [0.3, 0.4) is 0 Å². The topological polar surface area (TPSA) is 228 Å². The van der Waals surface area contributed by atoms with Crippen LogP contribution in [0.2, 0.25) is 0 Å². The van der Waals surface area contributed by atoms with Crippen molar-refractivity contribution in [2.45, 2.75) is 134 Å². The first-order chi connectivity index (χ1) is 19.6. The van der Waals surface area contributed by atoms with Crippen LogP contribution in [0.25, 0.3) is 0 Å². The van der Waals surface area contributed by atoms with Crippen molar-refractivity contribution in [3.05, 3.63) is 0 Å². The molecule has 1 fully saturated rings. The summed E-state index contributed by atoms with van der Waals surface area (Å²) < 4.78 is 69.1. The third kappa shape index (κ3) is 17.1. The molecular formula is C24H51O15P3. The first kappa shape index (κ1) is 40.2. The molecule has 1 aliphatic rings. The molecule has 0 saturated heterocycles. The fourth-order valence-electron chi connectivity index (χ4n) is 4.77. The average Bonchev–Trinajstić information content (AvgIpc) is 2.86. The van der Waals surface area contributed by atoms with E-state index in [4.69, 9.17) is 27.8 Å². The lowest BCUT2D eigenvalue weighted by atomic mass is 9.84. The molecule has 1 saturated carbocycles. The second-order valence-corrected chi connectivity index (χ2v) is 13.9. The highest BCUT2D eigenvalue weighted by molar-refractivity contribution is 7.47. The maximum Gasteiger partial charge on any atom is 0.470 e. The molecule has 0 amide bonds. The minimum atomic E-state index is -5.45. The number of phosphoric acid groups is 3. The van der Waals surface area contributed by atoms with Crippen molar-refractivity contribution >= 4 is 23.5 Å². The van der Waals surface area contributed by atoms with Gasteiger partial charge >= 0.3 is 23.5 Å². The van der Waals surface area contributed by atoms with E-state index < -0.39 is 60.1 Å². The predicted octanol–water partition coefficient (Wildman–Crippen LogP) is 4.33. The third-order valence-corrected chi connectivity index (χ3v) is 8.20. The van der Waals surface area contributed by atoms with Crippen LogP contribution in [-0.4, -0.2) is 85.8 Å². The molecule has 252 valence electrons. The van der Waals surface area contributed by atoms with Gasteiger partial charge in [-0.25, -0.2) is 13.7 Å². The molecule has 15 nitrogen and oxygen atoms in total. The Morgan fingerprint density at radius 1 is 0.405 bits per heavy atom. The molecule has 0 radical (unpaired) electrons. The largest absolute Gasteiger partial charge is 0.470 e. The van der Waals surface area contributed by atoms with Crippen molar-refractivity contribution in [1.29, 1.82) is 0 Å². The van der Waals surface area contributed by atoms with Gasteiger partial charge < -0.3 is 43.6 Å². The second kappa shape index (κ2) is 20.4. The molecule has 42 heavy (non-hydrogen) atoms. The Kier molecular flexibility index (Phi) is 19.5. The van der Waals surface area contributed by atoms with E-state index in [1.54, 1.807) is 0 Å². The van der Waals surface area contributed by atoms with Crippen molar-refractivity contribution in [3.8, 4) is 0 Å². The van der Waals surface area contributed by atoms with Crippen molar-refractivity contribution in [1.82, 2.24) is 0 Å². The minimum Gasteiger partial charge on any atom is -0.373 e. The SMILES string of the molecule is CCCCCCOC1C(OCCCCCC)C(OP(=O)(O)O)C(OP(=O)(O)O)C(OP(=O)(O)O)C1OCCCCCC. The minimum absolute atomic E-state index is 0.0667. The molecule has 0 aromatic heterocycles. The zero-order valence-corrected chi connectivity index (χ0v) is 27.5. The number of ether oxygens (including phenoxy) is 3. The van der Waals surface area contributed by atoms with Crippen molar-refractivity contribution in [2.24, 2.45) is 0 Å². The van der Waals surface area contributed by atoms with Gasteiger partial charge in [0, 0.05) is 19.8 Å². The van der Waals surface area contributed by atoms with Crippen LogP contribution in [0.5, 0.6) is 0 Å². The monoisotopic (exact) mass is 672 g/mol. The van der Waals surface area contributed by atoms with E-state index in [1.165, 1.54) is 0 Å². The summed E-state index contributed by atoms with van der Waals surface area (Å²) >= 11 is 0. The Hall–Kier alpha value is 0.210. The van der Waals surface area contributed by atoms with Crippen LogP contribution < -0.4 is 0 Å². The smallest absolute Gasteiger partial charge is 0.373 e. The molecule has 6 N–H and O–H groups in total. The molecule has 4 unspecified atom stereocenters. The van der Waals surface area contributed by atoms with Gasteiger partial charge in [0.1, 0.15) is 36.6 Å². The Morgan fingerprint density at radius 2 is 0.643 bits per heavy atom. The van der Waals surface area contributed by atoms with Gasteiger partial charge in [-0.3, -0.25) is 13.6 Å². The van der Waals surface area contributed by atoms with Gasteiger partial charge in [-0.15, -0.1) is 0 Å². The van der Waals surface area contributed by atoms with Crippen LogP contribution in [0.15, 0.2) is 0 Å². The lowest BCUT2D eigenvalue weighted by Crippen LogP contribution is -2.67. The number of hydrogen-bond donors (Lipinski definition) is 6. The molecule has 0 aromatic rings. The first-order valence-electron chi connectivity index (χ1n) is 14.7. The molecule has 0 heterocycles. The maximum absolute atomic E-state index is 12.1. The highest BCUT2D eigenvalue weighted by Crippen LogP contribution is 2.51. The fraction of sp³-hybridized carbons (Fsp3) is 1.00. The zero-order valence-electron chi connectivity index (χ0n) is 24.8. The van der Waals surface area contributed by atoms with Gasteiger partial charge in [-0.2, -0.15) is 0 Å². The summed E-state index contributed by atoms with van der Waals surface area (Å²) in [4.78, 5) is 58.3. The van der Waals surface area contributed by atoms with Crippen LogP contribution >= 0.6 is 23.5 Å². The van der Waals surface area contributed by atoms with E-state index in [0.29, 0.717) is 19.3 Å². The number of hydrogen-bond acceptors (Lipinski definition) is 9.